The molecule has 4 aromatic heterocycles. The standard InChI is InChI=1S/C14H15N7O3/c1-2-19-9-11(20(5-6-22)14(19)23)17-13(15)21-12(9)16-10(18-21)8-4-3-7-24-8/h3-4,7,22H,2,5-6H2,1H3,(H2,15,17). The third-order valence-electron chi connectivity index (χ3n) is 3.84. The first kappa shape index (κ1) is 14.5. The predicted molar refractivity (Wildman–Crippen MR) is 85.4 cm³/mol. The highest BCUT2D eigenvalue weighted by atomic mass is 16.3. The number of hydrogen-bond acceptors (Lipinski definition) is 7. The van der Waals surface area contributed by atoms with E-state index < -0.39 is 0 Å². The molecule has 0 fully saturated rings. The van der Waals surface area contributed by atoms with E-state index in [0.29, 0.717) is 34.9 Å². The summed E-state index contributed by atoms with van der Waals surface area (Å²) < 4.78 is 9.62. The molecule has 0 unspecified atom stereocenters. The van der Waals surface area contributed by atoms with E-state index in [1.807, 2.05) is 6.92 Å². The van der Waals surface area contributed by atoms with Gasteiger partial charge in [-0.3, -0.25) is 9.13 Å². The molecule has 3 N–H and O–H groups in total. The van der Waals surface area contributed by atoms with E-state index in [1.54, 1.807) is 12.1 Å². The maximum atomic E-state index is 12.6. The lowest BCUT2D eigenvalue weighted by Crippen LogP contribution is -2.25. The van der Waals surface area contributed by atoms with Crippen molar-refractivity contribution in [2.75, 3.05) is 12.3 Å². The van der Waals surface area contributed by atoms with Gasteiger partial charge in [-0.25, -0.2) is 9.78 Å². The molecule has 24 heavy (non-hydrogen) atoms. The van der Waals surface area contributed by atoms with Gasteiger partial charge in [0.15, 0.2) is 17.1 Å². The minimum absolute atomic E-state index is 0.0998. The van der Waals surface area contributed by atoms with Crippen molar-refractivity contribution >= 4 is 22.8 Å². The third-order valence-corrected chi connectivity index (χ3v) is 3.84. The zero-order valence-electron chi connectivity index (χ0n) is 12.9. The summed E-state index contributed by atoms with van der Waals surface area (Å²) in [6.07, 6.45) is 1.53. The van der Waals surface area contributed by atoms with Gasteiger partial charge in [-0.1, -0.05) is 0 Å². The number of aliphatic hydroxyl groups excluding tert-OH is 1. The Labute approximate surface area is 134 Å². The highest BCUT2D eigenvalue weighted by molar-refractivity contribution is 5.88. The summed E-state index contributed by atoms with van der Waals surface area (Å²) >= 11 is 0. The summed E-state index contributed by atoms with van der Waals surface area (Å²) in [4.78, 5) is 21.3. The Hall–Kier alpha value is -3.14. The molecule has 0 spiro atoms. The SMILES string of the molecule is CCn1c(=O)n(CCO)c2nc(N)n3nc(-c4ccco4)nc3c21. The Balaban J connectivity index is 2.13. The summed E-state index contributed by atoms with van der Waals surface area (Å²) in [5.74, 6) is 0.945. The molecular formula is C14H15N7O3. The Morgan fingerprint density at radius 2 is 2.12 bits per heavy atom. The maximum Gasteiger partial charge on any atom is 0.330 e. The van der Waals surface area contributed by atoms with E-state index in [-0.39, 0.29) is 24.8 Å². The van der Waals surface area contributed by atoms with Crippen LogP contribution in [0, 0.1) is 0 Å². The van der Waals surface area contributed by atoms with Crippen LogP contribution in [0.4, 0.5) is 5.95 Å². The van der Waals surface area contributed by atoms with E-state index >= 15 is 0 Å². The quantitative estimate of drug-likeness (QED) is 0.543. The minimum Gasteiger partial charge on any atom is -0.461 e. The number of anilines is 1. The van der Waals surface area contributed by atoms with Crippen molar-refractivity contribution in [2.24, 2.45) is 0 Å². The molecule has 10 heteroatoms. The fourth-order valence-electron chi connectivity index (χ4n) is 2.80. The molecule has 0 saturated carbocycles. The number of furan rings is 1. The molecule has 0 saturated heterocycles. The van der Waals surface area contributed by atoms with Crippen LogP contribution >= 0.6 is 0 Å². The van der Waals surface area contributed by atoms with Gasteiger partial charge in [0, 0.05) is 6.54 Å². The topological polar surface area (TPSA) is 129 Å². The average Bonchev–Trinajstić information content (AvgIpc) is 3.27. The number of aliphatic hydroxyl groups is 1. The highest BCUT2D eigenvalue weighted by Gasteiger charge is 2.21. The van der Waals surface area contributed by atoms with Crippen LogP contribution in [0.3, 0.4) is 0 Å². The summed E-state index contributed by atoms with van der Waals surface area (Å²) in [6.45, 7) is 2.22. The fourth-order valence-corrected chi connectivity index (χ4v) is 2.80. The van der Waals surface area contributed by atoms with Gasteiger partial charge in [0.05, 0.1) is 19.4 Å². The first-order chi connectivity index (χ1) is 11.7. The molecule has 10 nitrogen and oxygen atoms in total. The van der Waals surface area contributed by atoms with Crippen molar-refractivity contribution in [3.05, 3.63) is 28.9 Å². The first-order valence-corrected chi connectivity index (χ1v) is 7.45. The number of rotatable bonds is 4. The van der Waals surface area contributed by atoms with Crippen molar-refractivity contribution in [1.82, 2.24) is 28.7 Å². The van der Waals surface area contributed by atoms with Crippen molar-refractivity contribution in [3.63, 3.8) is 0 Å². The van der Waals surface area contributed by atoms with Crippen LogP contribution in [-0.2, 0) is 13.1 Å². The molecule has 0 bridgehead atoms. The molecule has 0 atom stereocenters. The molecule has 0 radical (unpaired) electrons. The zero-order chi connectivity index (χ0) is 16.8. The Bertz CT molecular complexity index is 1090. The zero-order valence-corrected chi connectivity index (χ0v) is 12.9. The third kappa shape index (κ3) is 1.86. The number of aryl methyl sites for hydroxylation is 1. The van der Waals surface area contributed by atoms with Gasteiger partial charge in [-0.05, 0) is 19.1 Å². The second kappa shape index (κ2) is 5.20. The Kier molecular flexibility index (Phi) is 3.13. The number of fused-ring (bicyclic) bond motifs is 3. The number of aromatic nitrogens is 6. The van der Waals surface area contributed by atoms with E-state index in [0.717, 1.165) is 0 Å². The lowest BCUT2D eigenvalue weighted by Gasteiger charge is -2.02. The lowest BCUT2D eigenvalue weighted by atomic mass is 10.4. The van der Waals surface area contributed by atoms with Crippen LogP contribution in [0.2, 0.25) is 0 Å². The minimum atomic E-state index is -0.274. The van der Waals surface area contributed by atoms with Gasteiger partial charge >= 0.3 is 5.69 Å². The van der Waals surface area contributed by atoms with Gasteiger partial charge < -0.3 is 15.3 Å². The van der Waals surface area contributed by atoms with Crippen LogP contribution in [0.15, 0.2) is 27.6 Å². The van der Waals surface area contributed by atoms with Crippen molar-refractivity contribution < 1.29 is 9.52 Å². The molecule has 0 aliphatic heterocycles. The Morgan fingerprint density at radius 1 is 1.29 bits per heavy atom. The van der Waals surface area contributed by atoms with Crippen molar-refractivity contribution in [2.45, 2.75) is 20.0 Å². The second-order valence-electron chi connectivity index (χ2n) is 5.19. The van der Waals surface area contributed by atoms with E-state index in [4.69, 9.17) is 10.2 Å². The van der Waals surface area contributed by atoms with E-state index in [2.05, 4.69) is 15.1 Å². The van der Waals surface area contributed by atoms with Crippen LogP contribution in [0.25, 0.3) is 28.4 Å². The number of nitrogens with two attached hydrogens (primary N) is 1. The molecule has 0 amide bonds. The summed E-state index contributed by atoms with van der Waals surface area (Å²) in [5.41, 5.74) is 7.03. The van der Waals surface area contributed by atoms with Crippen LogP contribution < -0.4 is 11.4 Å². The first-order valence-electron chi connectivity index (χ1n) is 7.45. The molecule has 124 valence electrons. The van der Waals surface area contributed by atoms with Crippen LogP contribution in [-0.4, -0.2) is 40.4 Å². The molecule has 4 aromatic rings. The largest absolute Gasteiger partial charge is 0.461 e. The Morgan fingerprint density at radius 3 is 2.79 bits per heavy atom. The van der Waals surface area contributed by atoms with Gasteiger partial charge in [-0.2, -0.15) is 9.50 Å². The number of nitrogens with zero attached hydrogens (tertiary/aromatic N) is 6. The highest BCUT2D eigenvalue weighted by Crippen LogP contribution is 2.23. The number of imidazole rings is 1. The van der Waals surface area contributed by atoms with Crippen LogP contribution in [0.1, 0.15) is 6.92 Å². The monoisotopic (exact) mass is 329 g/mol. The number of nitrogen functional groups attached to an aromatic ring is 1. The summed E-state index contributed by atoms with van der Waals surface area (Å²) in [7, 11) is 0. The normalized spacial score (nSPS) is 11.8. The van der Waals surface area contributed by atoms with Crippen molar-refractivity contribution in [1.29, 1.82) is 0 Å². The smallest absolute Gasteiger partial charge is 0.330 e. The van der Waals surface area contributed by atoms with Gasteiger partial charge in [0.1, 0.15) is 5.52 Å². The van der Waals surface area contributed by atoms with E-state index in [1.165, 1.54) is 19.9 Å². The maximum absolute atomic E-state index is 12.6. The predicted octanol–water partition coefficient (Wildman–Crippen LogP) is 0.0951. The molecule has 4 rings (SSSR count). The fraction of sp³-hybridized carbons (Fsp3) is 0.286. The molecular weight excluding hydrogens is 314 g/mol. The summed E-state index contributed by atoms with van der Waals surface area (Å²) in [5, 5.41) is 13.5. The van der Waals surface area contributed by atoms with Crippen molar-refractivity contribution in [3.8, 4) is 11.6 Å². The molecule has 4 heterocycles. The number of hydrogen-bond donors (Lipinski definition) is 2. The van der Waals surface area contributed by atoms with Gasteiger partial charge in [-0.15, -0.1) is 5.10 Å². The molecule has 0 aliphatic carbocycles. The average molecular weight is 329 g/mol. The van der Waals surface area contributed by atoms with E-state index in [9.17, 15) is 9.90 Å². The second-order valence-corrected chi connectivity index (χ2v) is 5.19. The van der Waals surface area contributed by atoms with Gasteiger partial charge in [0.2, 0.25) is 11.8 Å². The lowest BCUT2D eigenvalue weighted by molar-refractivity contribution is 0.275. The van der Waals surface area contributed by atoms with Crippen LogP contribution in [0.5, 0.6) is 0 Å². The summed E-state index contributed by atoms with van der Waals surface area (Å²) in [6, 6.07) is 3.47. The van der Waals surface area contributed by atoms with Gasteiger partial charge in [0.25, 0.3) is 0 Å². The molecule has 0 aliphatic rings. The molecule has 0 aromatic carbocycles.